The van der Waals surface area contributed by atoms with E-state index >= 15 is 0 Å². The normalized spacial score (nSPS) is 22.1. The van der Waals surface area contributed by atoms with Gasteiger partial charge in [-0.25, -0.2) is 4.39 Å². The molecule has 4 rings (SSSR count). The van der Waals surface area contributed by atoms with Crippen LogP contribution in [0.15, 0.2) is 48.5 Å². The van der Waals surface area contributed by atoms with E-state index in [1.54, 1.807) is 12.1 Å². The lowest BCUT2D eigenvalue weighted by Gasteiger charge is -2.35. The summed E-state index contributed by atoms with van der Waals surface area (Å²) in [6, 6.07) is 16.9. The fourth-order valence-corrected chi connectivity index (χ4v) is 4.89. The molecule has 1 aliphatic carbocycles. The van der Waals surface area contributed by atoms with Crippen LogP contribution >= 0.6 is 0 Å². The molecule has 2 atom stereocenters. The number of carbonyl (C=O) groups is 1. The first-order valence-electron chi connectivity index (χ1n) is 11.0. The van der Waals surface area contributed by atoms with E-state index in [-0.39, 0.29) is 29.6 Å². The number of nitrogens with zero attached hydrogens (tertiary/aromatic N) is 2. The van der Waals surface area contributed by atoms with Gasteiger partial charge in [-0.05, 0) is 48.9 Å². The Morgan fingerprint density at radius 2 is 1.83 bits per heavy atom. The van der Waals surface area contributed by atoms with Crippen LogP contribution in [0.4, 0.5) is 4.39 Å². The second-order valence-corrected chi connectivity index (χ2v) is 8.41. The SMILES string of the molecule is N#Cc1cc(CNC2CCC(c3ccccc3)N2C(=O)C2CCCCC2)ccc1F. The largest absolute Gasteiger partial charge is 0.320 e. The monoisotopic (exact) mass is 405 g/mol. The fourth-order valence-electron chi connectivity index (χ4n) is 4.89. The molecule has 1 aliphatic heterocycles. The Morgan fingerprint density at radius 3 is 2.57 bits per heavy atom. The number of benzene rings is 2. The lowest BCUT2D eigenvalue weighted by atomic mass is 9.88. The van der Waals surface area contributed by atoms with Crippen molar-refractivity contribution >= 4 is 5.91 Å². The second kappa shape index (κ2) is 9.40. The van der Waals surface area contributed by atoms with Crippen molar-refractivity contribution in [2.45, 2.75) is 63.7 Å². The summed E-state index contributed by atoms with van der Waals surface area (Å²) in [7, 11) is 0. The van der Waals surface area contributed by atoms with Gasteiger partial charge in [-0.1, -0.05) is 55.7 Å². The topological polar surface area (TPSA) is 56.1 Å². The van der Waals surface area contributed by atoms with Crippen molar-refractivity contribution in [1.29, 1.82) is 5.26 Å². The van der Waals surface area contributed by atoms with Crippen molar-refractivity contribution in [2.24, 2.45) is 5.92 Å². The molecule has 0 aromatic heterocycles. The Hall–Kier alpha value is -2.71. The molecule has 1 N–H and O–H groups in total. The molecule has 1 amide bonds. The van der Waals surface area contributed by atoms with Crippen molar-refractivity contribution in [3.05, 3.63) is 71.0 Å². The van der Waals surface area contributed by atoms with Crippen LogP contribution in [0.25, 0.3) is 0 Å². The van der Waals surface area contributed by atoms with Crippen molar-refractivity contribution < 1.29 is 9.18 Å². The number of nitrogens with one attached hydrogen (secondary N) is 1. The first kappa shape index (κ1) is 20.6. The van der Waals surface area contributed by atoms with Gasteiger partial charge in [0.15, 0.2) is 0 Å². The number of amides is 1. The number of carbonyl (C=O) groups excluding carboxylic acids is 1. The number of likely N-dealkylation sites (tertiary alicyclic amines) is 1. The van der Waals surface area contributed by atoms with Gasteiger partial charge in [0, 0.05) is 12.5 Å². The number of hydrogen-bond donors (Lipinski definition) is 1. The highest BCUT2D eigenvalue weighted by Crippen LogP contribution is 2.38. The van der Waals surface area contributed by atoms with Crippen LogP contribution in [0.1, 0.15) is 67.7 Å². The summed E-state index contributed by atoms with van der Waals surface area (Å²) in [6.07, 6.45) is 7.19. The third kappa shape index (κ3) is 4.39. The van der Waals surface area contributed by atoms with Crippen LogP contribution in [0.5, 0.6) is 0 Å². The van der Waals surface area contributed by atoms with Crippen molar-refractivity contribution in [3.63, 3.8) is 0 Å². The van der Waals surface area contributed by atoms with E-state index in [2.05, 4.69) is 22.3 Å². The first-order valence-corrected chi connectivity index (χ1v) is 11.0. The van der Waals surface area contributed by atoms with E-state index in [0.717, 1.165) is 44.1 Å². The molecular formula is C25H28FN3O. The van der Waals surface area contributed by atoms with Gasteiger partial charge >= 0.3 is 0 Å². The van der Waals surface area contributed by atoms with E-state index in [4.69, 9.17) is 5.26 Å². The third-order valence-electron chi connectivity index (χ3n) is 6.47. The van der Waals surface area contributed by atoms with Crippen molar-refractivity contribution in [1.82, 2.24) is 10.2 Å². The van der Waals surface area contributed by atoms with Gasteiger partial charge in [0.05, 0.1) is 17.8 Å². The minimum absolute atomic E-state index is 0.0537. The van der Waals surface area contributed by atoms with Gasteiger partial charge in [0.1, 0.15) is 11.9 Å². The van der Waals surface area contributed by atoms with E-state index in [1.807, 2.05) is 24.3 Å². The summed E-state index contributed by atoms with van der Waals surface area (Å²) < 4.78 is 13.6. The zero-order valence-corrected chi connectivity index (χ0v) is 17.2. The first-order chi connectivity index (χ1) is 14.7. The standard InChI is InChI=1S/C25H28FN3O/c26-22-12-11-18(15-21(22)16-27)17-28-24-14-13-23(19-7-3-1-4-8-19)29(24)25(30)20-9-5-2-6-10-20/h1,3-4,7-8,11-12,15,20,23-24,28H,2,5-6,9-10,13-14,17H2. The molecule has 1 saturated heterocycles. The smallest absolute Gasteiger partial charge is 0.227 e. The zero-order chi connectivity index (χ0) is 20.9. The van der Waals surface area contributed by atoms with Gasteiger partial charge < -0.3 is 4.90 Å². The zero-order valence-electron chi connectivity index (χ0n) is 17.2. The van der Waals surface area contributed by atoms with Crippen LogP contribution in [0.3, 0.4) is 0 Å². The maximum atomic E-state index is 13.6. The molecule has 2 aliphatic rings. The van der Waals surface area contributed by atoms with Crippen LogP contribution < -0.4 is 5.32 Å². The maximum absolute atomic E-state index is 13.6. The van der Waals surface area contributed by atoms with Crippen molar-refractivity contribution in [3.8, 4) is 6.07 Å². The molecule has 2 fully saturated rings. The summed E-state index contributed by atoms with van der Waals surface area (Å²) in [4.78, 5) is 15.6. The molecule has 156 valence electrons. The lowest BCUT2D eigenvalue weighted by Crippen LogP contribution is -2.48. The Balaban J connectivity index is 1.53. The molecule has 2 aromatic carbocycles. The molecule has 0 bridgehead atoms. The summed E-state index contributed by atoms with van der Waals surface area (Å²) in [5.74, 6) is -0.126. The van der Waals surface area contributed by atoms with Crippen LogP contribution in [0, 0.1) is 23.1 Å². The highest BCUT2D eigenvalue weighted by atomic mass is 19.1. The molecule has 0 radical (unpaired) electrons. The Kier molecular flexibility index (Phi) is 6.44. The highest BCUT2D eigenvalue weighted by molar-refractivity contribution is 5.80. The van der Waals surface area contributed by atoms with E-state index in [0.29, 0.717) is 6.54 Å². The minimum Gasteiger partial charge on any atom is -0.320 e. The van der Waals surface area contributed by atoms with Crippen LogP contribution in [0.2, 0.25) is 0 Å². The van der Waals surface area contributed by atoms with E-state index < -0.39 is 5.82 Å². The quantitative estimate of drug-likeness (QED) is 0.757. The lowest BCUT2D eigenvalue weighted by molar-refractivity contribution is -0.140. The van der Waals surface area contributed by atoms with Crippen LogP contribution in [-0.2, 0) is 11.3 Å². The summed E-state index contributed by atoms with van der Waals surface area (Å²) in [6.45, 7) is 0.496. The molecule has 4 nitrogen and oxygen atoms in total. The number of hydrogen-bond acceptors (Lipinski definition) is 3. The number of rotatable bonds is 5. The molecule has 5 heteroatoms. The second-order valence-electron chi connectivity index (χ2n) is 8.41. The summed E-state index contributed by atoms with van der Waals surface area (Å²) in [5, 5.41) is 12.6. The third-order valence-corrected chi connectivity index (χ3v) is 6.47. The predicted octanol–water partition coefficient (Wildman–Crippen LogP) is 5.06. The van der Waals surface area contributed by atoms with Crippen molar-refractivity contribution in [2.75, 3.05) is 0 Å². The van der Waals surface area contributed by atoms with Crippen LogP contribution in [-0.4, -0.2) is 17.0 Å². The average molecular weight is 406 g/mol. The predicted molar refractivity (Wildman–Crippen MR) is 114 cm³/mol. The number of nitriles is 1. The minimum atomic E-state index is -0.500. The highest BCUT2D eigenvalue weighted by Gasteiger charge is 2.40. The fraction of sp³-hybridized carbons (Fsp3) is 0.440. The Bertz CT molecular complexity index is 918. The molecule has 1 heterocycles. The summed E-state index contributed by atoms with van der Waals surface area (Å²) >= 11 is 0. The molecular weight excluding hydrogens is 377 g/mol. The van der Waals surface area contributed by atoms with Gasteiger partial charge in [-0.3, -0.25) is 10.1 Å². The Morgan fingerprint density at radius 1 is 1.07 bits per heavy atom. The van der Waals surface area contributed by atoms with E-state index in [9.17, 15) is 9.18 Å². The number of halogens is 1. The van der Waals surface area contributed by atoms with Gasteiger partial charge in [-0.15, -0.1) is 0 Å². The molecule has 2 unspecified atom stereocenters. The molecule has 0 spiro atoms. The molecule has 2 aromatic rings. The molecule has 1 saturated carbocycles. The maximum Gasteiger partial charge on any atom is 0.227 e. The summed E-state index contributed by atoms with van der Waals surface area (Å²) in [5.41, 5.74) is 2.08. The van der Waals surface area contributed by atoms with Gasteiger partial charge in [0.25, 0.3) is 0 Å². The van der Waals surface area contributed by atoms with Gasteiger partial charge in [-0.2, -0.15) is 5.26 Å². The van der Waals surface area contributed by atoms with E-state index in [1.165, 1.54) is 18.1 Å². The Labute approximate surface area is 177 Å². The average Bonchev–Trinajstić information content (AvgIpc) is 3.23. The van der Waals surface area contributed by atoms with Gasteiger partial charge in [0.2, 0.25) is 5.91 Å². The molecule has 30 heavy (non-hydrogen) atoms.